The number of aliphatic imine (C=N–C) groups is 1. The largest absolute Gasteiger partial charge is 0.454 e. The van der Waals surface area contributed by atoms with E-state index < -0.39 is 17.6 Å². The van der Waals surface area contributed by atoms with Crippen LogP contribution < -0.4 is 5.32 Å². The molecule has 0 fully saturated rings. The number of carbonyl (C=O) groups excluding carboxylic acids is 2. The number of nitrogens with zero attached hydrogens (tertiary/aromatic N) is 3. The Hall–Kier alpha value is -3.03. The number of amidine groups is 1. The molecule has 0 saturated heterocycles. The molecule has 1 aliphatic rings. The minimum absolute atomic E-state index is 0.000299. The van der Waals surface area contributed by atoms with E-state index in [9.17, 15) is 9.59 Å². The second-order valence-corrected chi connectivity index (χ2v) is 6.95. The molecule has 3 heterocycles. The summed E-state index contributed by atoms with van der Waals surface area (Å²) in [6.07, 6.45) is 5.05. The molecular weight excluding hydrogens is 346 g/mol. The Morgan fingerprint density at radius 2 is 2.15 bits per heavy atom. The predicted molar refractivity (Wildman–Crippen MR) is 99.2 cm³/mol. The number of amides is 1. The molecular formula is C19H23N5O3. The van der Waals surface area contributed by atoms with E-state index in [2.05, 4.69) is 25.5 Å². The van der Waals surface area contributed by atoms with Crippen molar-refractivity contribution in [1.82, 2.24) is 20.5 Å². The number of carbonyl (C=O) groups is 2. The van der Waals surface area contributed by atoms with Crippen molar-refractivity contribution in [2.24, 2.45) is 10.9 Å². The van der Waals surface area contributed by atoms with Crippen LogP contribution in [0.4, 0.5) is 0 Å². The molecule has 2 aromatic rings. The molecule has 2 unspecified atom stereocenters. The fraction of sp³-hybridized carbons (Fsp3) is 0.421. The molecule has 27 heavy (non-hydrogen) atoms. The number of pyridine rings is 1. The van der Waals surface area contributed by atoms with Gasteiger partial charge in [-0.05, 0) is 31.4 Å². The number of rotatable bonds is 6. The van der Waals surface area contributed by atoms with E-state index in [1.807, 2.05) is 20.8 Å². The van der Waals surface area contributed by atoms with Crippen molar-refractivity contribution < 1.29 is 14.3 Å². The summed E-state index contributed by atoms with van der Waals surface area (Å²) in [5.74, 6) is -0.441. The Morgan fingerprint density at radius 3 is 2.74 bits per heavy atom. The van der Waals surface area contributed by atoms with Crippen LogP contribution in [0.2, 0.25) is 0 Å². The second-order valence-electron chi connectivity index (χ2n) is 6.95. The molecule has 1 aliphatic heterocycles. The standard InChI is InChI=1S/C19H23N5O3/c1-5-14(12-9-21-22-10-12)27-17(25)13-7-6-8-20-15(13)16-23-18(26)19(4,24-16)11(2)3/h6-11,14H,5H2,1-4H3,(H,21,22)(H,23,24,26). The number of hydrogen-bond donors (Lipinski definition) is 2. The zero-order valence-corrected chi connectivity index (χ0v) is 15.8. The van der Waals surface area contributed by atoms with E-state index in [4.69, 9.17) is 4.74 Å². The molecule has 0 saturated carbocycles. The maximum atomic E-state index is 12.8. The van der Waals surface area contributed by atoms with Crippen molar-refractivity contribution in [3.05, 3.63) is 47.5 Å². The Bertz CT molecular complexity index is 875. The fourth-order valence-electron chi connectivity index (χ4n) is 2.82. The zero-order valence-electron chi connectivity index (χ0n) is 15.8. The van der Waals surface area contributed by atoms with Crippen LogP contribution in [-0.4, -0.2) is 38.4 Å². The summed E-state index contributed by atoms with van der Waals surface area (Å²) in [5, 5.41) is 9.37. The number of esters is 1. The minimum Gasteiger partial charge on any atom is -0.454 e. The monoisotopic (exact) mass is 369 g/mol. The lowest BCUT2D eigenvalue weighted by Crippen LogP contribution is -2.41. The summed E-state index contributed by atoms with van der Waals surface area (Å²) in [6.45, 7) is 7.55. The molecule has 2 aromatic heterocycles. The first kappa shape index (κ1) is 18.8. The zero-order chi connectivity index (χ0) is 19.6. The number of nitrogens with one attached hydrogen (secondary N) is 2. The molecule has 1 amide bonds. The smallest absolute Gasteiger partial charge is 0.341 e. The third kappa shape index (κ3) is 3.47. The van der Waals surface area contributed by atoms with E-state index in [1.54, 1.807) is 37.6 Å². The van der Waals surface area contributed by atoms with Crippen LogP contribution >= 0.6 is 0 Å². The van der Waals surface area contributed by atoms with Gasteiger partial charge in [-0.3, -0.25) is 14.9 Å². The van der Waals surface area contributed by atoms with E-state index in [-0.39, 0.29) is 17.4 Å². The molecule has 0 spiro atoms. The number of aromatic amines is 1. The highest BCUT2D eigenvalue weighted by atomic mass is 16.5. The topological polar surface area (TPSA) is 109 Å². The summed E-state index contributed by atoms with van der Waals surface area (Å²) in [6, 6.07) is 3.27. The first-order valence-electron chi connectivity index (χ1n) is 8.93. The van der Waals surface area contributed by atoms with Crippen molar-refractivity contribution >= 4 is 17.7 Å². The van der Waals surface area contributed by atoms with Gasteiger partial charge in [-0.1, -0.05) is 20.8 Å². The van der Waals surface area contributed by atoms with Gasteiger partial charge in [0.1, 0.15) is 17.3 Å². The molecule has 3 rings (SSSR count). The third-order valence-corrected chi connectivity index (χ3v) is 4.92. The van der Waals surface area contributed by atoms with Crippen molar-refractivity contribution in [3.63, 3.8) is 0 Å². The predicted octanol–water partition coefficient (Wildman–Crippen LogP) is 2.40. The third-order valence-electron chi connectivity index (χ3n) is 4.92. The van der Waals surface area contributed by atoms with E-state index in [0.717, 1.165) is 5.56 Å². The normalized spacial score (nSPS) is 20.3. The summed E-state index contributed by atoms with van der Waals surface area (Å²) < 4.78 is 5.65. The van der Waals surface area contributed by atoms with Crippen LogP contribution in [-0.2, 0) is 9.53 Å². The van der Waals surface area contributed by atoms with Gasteiger partial charge < -0.3 is 10.1 Å². The summed E-state index contributed by atoms with van der Waals surface area (Å²) in [7, 11) is 0. The van der Waals surface area contributed by atoms with Gasteiger partial charge in [-0.2, -0.15) is 5.10 Å². The first-order chi connectivity index (χ1) is 12.9. The van der Waals surface area contributed by atoms with Crippen molar-refractivity contribution in [1.29, 1.82) is 0 Å². The van der Waals surface area contributed by atoms with E-state index >= 15 is 0 Å². The summed E-state index contributed by atoms with van der Waals surface area (Å²) in [4.78, 5) is 34.0. The van der Waals surface area contributed by atoms with Gasteiger partial charge in [0.15, 0.2) is 5.84 Å². The number of aromatic nitrogens is 3. The summed E-state index contributed by atoms with van der Waals surface area (Å²) in [5.41, 5.74) is 0.459. The molecule has 0 bridgehead atoms. The van der Waals surface area contributed by atoms with E-state index in [0.29, 0.717) is 18.0 Å². The van der Waals surface area contributed by atoms with Crippen molar-refractivity contribution in [3.8, 4) is 0 Å². The molecule has 2 N–H and O–H groups in total. The van der Waals surface area contributed by atoms with E-state index in [1.165, 1.54) is 0 Å². The second kappa shape index (κ2) is 7.30. The molecule has 8 nitrogen and oxygen atoms in total. The highest BCUT2D eigenvalue weighted by molar-refractivity contribution is 6.17. The first-order valence-corrected chi connectivity index (χ1v) is 8.93. The Balaban J connectivity index is 1.91. The SMILES string of the molecule is CCC(OC(=O)c1cccnc1C1=NC(C)(C(C)C)C(=O)N1)c1cn[nH]c1. The Labute approximate surface area is 157 Å². The Morgan fingerprint density at radius 1 is 1.37 bits per heavy atom. The molecule has 0 aromatic carbocycles. The van der Waals surface area contributed by atoms with Gasteiger partial charge >= 0.3 is 5.97 Å². The van der Waals surface area contributed by atoms with Crippen LogP contribution in [0.5, 0.6) is 0 Å². The average molecular weight is 369 g/mol. The van der Waals surface area contributed by atoms with Gasteiger partial charge in [0, 0.05) is 18.0 Å². The quantitative estimate of drug-likeness (QED) is 0.760. The lowest BCUT2D eigenvalue weighted by Gasteiger charge is -2.21. The maximum Gasteiger partial charge on any atom is 0.341 e. The van der Waals surface area contributed by atoms with Gasteiger partial charge in [-0.15, -0.1) is 0 Å². The average Bonchev–Trinajstić information content (AvgIpc) is 3.29. The summed E-state index contributed by atoms with van der Waals surface area (Å²) >= 11 is 0. The van der Waals surface area contributed by atoms with Crippen LogP contribution in [0.1, 0.15) is 61.8 Å². The number of H-pyrrole nitrogens is 1. The molecule has 2 atom stereocenters. The fourth-order valence-corrected chi connectivity index (χ4v) is 2.82. The molecule has 0 radical (unpaired) electrons. The van der Waals surface area contributed by atoms with Crippen LogP contribution in [0.25, 0.3) is 0 Å². The molecule has 8 heteroatoms. The highest BCUT2D eigenvalue weighted by Gasteiger charge is 2.43. The molecule has 0 aliphatic carbocycles. The number of hydrogen-bond acceptors (Lipinski definition) is 6. The van der Waals surface area contributed by atoms with Crippen LogP contribution in [0.3, 0.4) is 0 Å². The van der Waals surface area contributed by atoms with Gasteiger partial charge in [0.2, 0.25) is 0 Å². The minimum atomic E-state index is -0.892. The lowest BCUT2D eigenvalue weighted by molar-refractivity contribution is -0.124. The van der Waals surface area contributed by atoms with Gasteiger partial charge in [0.25, 0.3) is 5.91 Å². The molecule has 142 valence electrons. The van der Waals surface area contributed by atoms with Crippen molar-refractivity contribution in [2.45, 2.75) is 45.8 Å². The Kier molecular flexibility index (Phi) is 5.07. The maximum absolute atomic E-state index is 12.8. The van der Waals surface area contributed by atoms with Crippen LogP contribution in [0.15, 0.2) is 35.7 Å². The van der Waals surface area contributed by atoms with Gasteiger partial charge in [0.05, 0.1) is 11.8 Å². The van der Waals surface area contributed by atoms with Crippen LogP contribution in [0, 0.1) is 5.92 Å². The number of ether oxygens (including phenoxy) is 1. The highest BCUT2D eigenvalue weighted by Crippen LogP contribution is 2.28. The van der Waals surface area contributed by atoms with Crippen molar-refractivity contribution in [2.75, 3.05) is 0 Å². The van der Waals surface area contributed by atoms with Gasteiger partial charge in [-0.25, -0.2) is 9.79 Å². The lowest BCUT2D eigenvalue weighted by atomic mass is 9.89.